The first kappa shape index (κ1) is 22.3. The summed E-state index contributed by atoms with van der Waals surface area (Å²) in [5.41, 5.74) is 4.00. The minimum Gasteiger partial charge on any atom is -0.497 e. The van der Waals surface area contributed by atoms with Crippen LogP contribution in [0.1, 0.15) is 16.8 Å². The lowest BCUT2D eigenvalue weighted by molar-refractivity contribution is -0.657. The van der Waals surface area contributed by atoms with Crippen molar-refractivity contribution in [1.82, 2.24) is 9.55 Å². The number of aryl methyl sites for hydroxylation is 1. The van der Waals surface area contributed by atoms with Crippen LogP contribution < -0.4 is 14.6 Å². The van der Waals surface area contributed by atoms with E-state index >= 15 is 0 Å². The predicted molar refractivity (Wildman–Crippen MR) is 134 cm³/mol. The number of nitrogens with zero attached hydrogens (tertiary/aromatic N) is 3. The number of methoxy groups -OCH3 is 1. The fourth-order valence-corrected chi connectivity index (χ4v) is 4.21. The van der Waals surface area contributed by atoms with E-state index in [0.29, 0.717) is 23.5 Å². The topological polar surface area (TPSA) is 77.1 Å². The van der Waals surface area contributed by atoms with Crippen molar-refractivity contribution in [2.75, 3.05) is 12.4 Å². The van der Waals surface area contributed by atoms with Crippen LogP contribution in [0.25, 0.3) is 21.9 Å². The van der Waals surface area contributed by atoms with Gasteiger partial charge in [-0.1, -0.05) is 30.3 Å². The normalized spacial score (nSPS) is 11.0. The molecule has 1 N–H and O–H groups in total. The lowest BCUT2D eigenvalue weighted by atomic mass is 10.1. The van der Waals surface area contributed by atoms with Crippen molar-refractivity contribution < 1.29 is 18.9 Å². The zero-order valence-corrected chi connectivity index (χ0v) is 19.3. The van der Waals surface area contributed by atoms with Gasteiger partial charge in [-0.25, -0.2) is 9.13 Å². The van der Waals surface area contributed by atoms with Crippen molar-refractivity contribution in [2.45, 2.75) is 19.5 Å². The second kappa shape index (κ2) is 9.77. The van der Waals surface area contributed by atoms with Crippen LogP contribution >= 0.6 is 0 Å². The number of carbonyl (C=O) groups is 2. The van der Waals surface area contributed by atoms with E-state index in [9.17, 15) is 9.59 Å². The number of fused-ring (bicyclic) bond motifs is 2. The number of Topliss-reactive ketones (excluding diaryl/α,β-unsaturated/α-hetero) is 1. The Morgan fingerprint density at radius 3 is 2.60 bits per heavy atom. The number of hydrogen-bond acceptors (Lipinski definition) is 4. The molecule has 1 amide bonds. The summed E-state index contributed by atoms with van der Waals surface area (Å²) in [6, 6.07) is 24.6. The third-order valence-electron chi connectivity index (χ3n) is 5.99. The third kappa shape index (κ3) is 4.75. The summed E-state index contributed by atoms with van der Waals surface area (Å²) in [7, 11) is 1.60. The first-order valence-electron chi connectivity index (χ1n) is 11.4. The molecule has 174 valence electrons. The highest BCUT2D eigenvalue weighted by atomic mass is 16.5. The van der Waals surface area contributed by atoms with Crippen LogP contribution in [0.3, 0.4) is 0 Å². The van der Waals surface area contributed by atoms with Gasteiger partial charge in [-0.05, 0) is 48.5 Å². The van der Waals surface area contributed by atoms with E-state index in [1.807, 2.05) is 70.1 Å². The molecule has 0 aliphatic carbocycles. The second-order valence-corrected chi connectivity index (χ2v) is 8.26. The van der Waals surface area contributed by atoms with Gasteiger partial charge in [-0.15, -0.1) is 0 Å². The predicted octanol–water partition coefficient (Wildman–Crippen LogP) is 4.40. The molecule has 2 aromatic heterocycles. The highest BCUT2D eigenvalue weighted by Crippen LogP contribution is 2.21. The van der Waals surface area contributed by atoms with Gasteiger partial charge in [0.25, 0.3) is 0 Å². The Kier molecular flexibility index (Phi) is 6.22. The molecular weight excluding hydrogens is 440 g/mol. The molecule has 0 aliphatic heterocycles. The molecule has 5 aromatic rings. The van der Waals surface area contributed by atoms with E-state index in [-0.39, 0.29) is 24.7 Å². The second-order valence-electron chi connectivity index (χ2n) is 8.26. The van der Waals surface area contributed by atoms with Gasteiger partial charge in [-0.3, -0.25) is 14.6 Å². The molecule has 0 spiro atoms. The molecule has 0 radical (unpaired) electrons. The van der Waals surface area contributed by atoms with E-state index in [4.69, 9.17) is 4.74 Å². The van der Waals surface area contributed by atoms with Crippen molar-refractivity contribution in [3.63, 3.8) is 0 Å². The van der Waals surface area contributed by atoms with Crippen LogP contribution in [-0.4, -0.2) is 28.4 Å². The molecule has 0 atom stereocenters. The highest BCUT2D eigenvalue weighted by Gasteiger charge is 2.19. The number of para-hydroxylation sites is 3. The Bertz CT molecular complexity index is 1520. The van der Waals surface area contributed by atoms with Gasteiger partial charge in [0.05, 0.1) is 31.3 Å². The van der Waals surface area contributed by atoms with Crippen molar-refractivity contribution in [2.24, 2.45) is 0 Å². The van der Waals surface area contributed by atoms with E-state index in [1.165, 1.54) is 0 Å². The van der Waals surface area contributed by atoms with Crippen molar-refractivity contribution in [3.8, 4) is 5.75 Å². The Balaban J connectivity index is 1.31. The standard InChI is InChI=1S/C28H24N4O3/c1-35-22-13-11-20(12-14-22)26(33)18-32-19-31(24-9-2-3-10-25(24)32)17-15-27(34)30-23-8-4-6-21-7-5-16-29-28(21)23/h2-14,16,19H,15,17-18H2,1H3/p+1. The van der Waals surface area contributed by atoms with E-state index in [2.05, 4.69) is 10.3 Å². The van der Waals surface area contributed by atoms with Gasteiger partial charge >= 0.3 is 0 Å². The maximum Gasteiger partial charge on any atom is 0.245 e. The SMILES string of the molecule is COc1ccc(C(=O)C[n+]2cn(CCC(=O)Nc3cccc4cccnc34)c3ccccc32)cc1. The van der Waals surface area contributed by atoms with Crippen LogP contribution in [-0.2, 0) is 17.9 Å². The molecule has 0 bridgehead atoms. The van der Waals surface area contributed by atoms with Crippen LogP contribution in [0, 0.1) is 0 Å². The number of carbonyl (C=O) groups excluding carboxylic acids is 2. The summed E-state index contributed by atoms with van der Waals surface area (Å²) in [5, 5.41) is 3.96. The number of amides is 1. The average Bonchev–Trinajstić information content (AvgIpc) is 3.25. The number of rotatable bonds is 8. The van der Waals surface area contributed by atoms with Crippen molar-refractivity contribution in [3.05, 3.63) is 97.0 Å². The average molecular weight is 466 g/mol. The monoisotopic (exact) mass is 465 g/mol. The molecule has 0 saturated carbocycles. The summed E-state index contributed by atoms with van der Waals surface area (Å²) in [6.07, 6.45) is 3.91. The fraction of sp³-hybridized carbons (Fsp3) is 0.143. The van der Waals surface area contributed by atoms with E-state index < -0.39 is 0 Å². The van der Waals surface area contributed by atoms with Crippen molar-refractivity contribution >= 4 is 39.3 Å². The third-order valence-corrected chi connectivity index (χ3v) is 5.99. The zero-order valence-electron chi connectivity index (χ0n) is 19.3. The number of benzene rings is 3. The maximum absolute atomic E-state index is 12.9. The van der Waals surface area contributed by atoms with Crippen LogP contribution in [0.5, 0.6) is 5.75 Å². The molecular formula is C28H25N4O3+. The summed E-state index contributed by atoms with van der Waals surface area (Å²) < 4.78 is 9.11. The smallest absolute Gasteiger partial charge is 0.245 e. The van der Waals surface area contributed by atoms with E-state index in [1.54, 1.807) is 37.6 Å². The van der Waals surface area contributed by atoms with Gasteiger partial charge in [0, 0.05) is 17.1 Å². The molecule has 0 aliphatic rings. The van der Waals surface area contributed by atoms with Gasteiger partial charge in [0.2, 0.25) is 18.0 Å². The largest absolute Gasteiger partial charge is 0.497 e. The quantitative estimate of drug-likeness (QED) is 0.272. The van der Waals surface area contributed by atoms with Crippen LogP contribution in [0.4, 0.5) is 5.69 Å². The number of imidazole rings is 1. The maximum atomic E-state index is 12.9. The minimum absolute atomic E-state index is 0.00162. The summed E-state index contributed by atoms with van der Waals surface area (Å²) in [4.78, 5) is 30.1. The van der Waals surface area contributed by atoms with Crippen molar-refractivity contribution in [1.29, 1.82) is 0 Å². The molecule has 3 aromatic carbocycles. The Labute approximate surface area is 202 Å². The molecule has 5 rings (SSSR count). The number of aromatic nitrogens is 3. The number of pyridine rings is 1. The molecule has 7 heteroatoms. The number of nitrogens with one attached hydrogen (secondary N) is 1. The molecule has 35 heavy (non-hydrogen) atoms. The van der Waals surface area contributed by atoms with Crippen LogP contribution in [0.2, 0.25) is 0 Å². The van der Waals surface area contributed by atoms with Gasteiger partial charge < -0.3 is 10.1 Å². The minimum atomic E-state index is -0.0956. The Hall–Kier alpha value is -4.52. The lowest BCUT2D eigenvalue weighted by Gasteiger charge is -2.07. The Morgan fingerprint density at radius 1 is 0.971 bits per heavy atom. The first-order chi connectivity index (χ1) is 17.1. The summed E-state index contributed by atoms with van der Waals surface area (Å²) in [5.74, 6) is 0.618. The zero-order chi connectivity index (χ0) is 24.2. The molecule has 0 fully saturated rings. The lowest BCUT2D eigenvalue weighted by Crippen LogP contribution is -2.36. The number of ketones is 1. The number of anilines is 1. The molecule has 2 heterocycles. The van der Waals surface area contributed by atoms with Gasteiger partial charge in [0.15, 0.2) is 17.6 Å². The first-order valence-corrected chi connectivity index (χ1v) is 11.4. The number of hydrogen-bond donors (Lipinski definition) is 1. The Morgan fingerprint density at radius 2 is 1.77 bits per heavy atom. The van der Waals surface area contributed by atoms with Gasteiger partial charge in [0.1, 0.15) is 5.75 Å². The molecule has 0 saturated heterocycles. The highest BCUT2D eigenvalue weighted by molar-refractivity contribution is 6.00. The molecule has 0 unspecified atom stereocenters. The summed E-state index contributed by atoms with van der Waals surface area (Å²) >= 11 is 0. The fourth-order valence-electron chi connectivity index (χ4n) is 4.21. The van der Waals surface area contributed by atoms with Gasteiger partial charge in [-0.2, -0.15) is 0 Å². The molecule has 7 nitrogen and oxygen atoms in total. The van der Waals surface area contributed by atoms with E-state index in [0.717, 1.165) is 21.9 Å². The number of ether oxygens (including phenoxy) is 1. The van der Waals surface area contributed by atoms with Crippen LogP contribution in [0.15, 0.2) is 91.4 Å². The summed E-state index contributed by atoms with van der Waals surface area (Å²) in [6.45, 7) is 0.683.